The number of morpholine rings is 1. The largest absolute Gasteiger partial charge is 0.371 e. The van der Waals surface area contributed by atoms with Crippen molar-refractivity contribution in [2.45, 2.75) is 30.8 Å². The summed E-state index contributed by atoms with van der Waals surface area (Å²) in [6.45, 7) is 5.32. The SMILES string of the molecule is CC(C)c1ccc(S(=O)(=O)N2CCO[C@@H](c3ccccc3)C2)cc1. The number of ether oxygens (including phenoxy) is 1. The highest BCUT2D eigenvalue weighted by Crippen LogP contribution is 2.27. The predicted molar refractivity (Wildman–Crippen MR) is 94.4 cm³/mol. The second-order valence-corrected chi connectivity index (χ2v) is 8.29. The van der Waals surface area contributed by atoms with Gasteiger partial charge in [0.15, 0.2) is 0 Å². The van der Waals surface area contributed by atoms with Crippen LogP contribution in [0.4, 0.5) is 0 Å². The van der Waals surface area contributed by atoms with E-state index in [9.17, 15) is 8.42 Å². The van der Waals surface area contributed by atoms with Gasteiger partial charge >= 0.3 is 0 Å². The van der Waals surface area contributed by atoms with Crippen molar-refractivity contribution in [3.63, 3.8) is 0 Å². The molecule has 1 aliphatic heterocycles. The zero-order valence-electron chi connectivity index (χ0n) is 14.1. The van der Waals surface area contributed by atoms with Gasteiger partial charge < -0.3 is 4.74 Å². The Hall–Kier alpha value is -1.69. The van der Waals surface area contributed by atoms with Crippen molar-refractivity contribution in [2.24, 2.45) is 0 Å². The Morgan fingerprint density at radius 3 is 2.33 bits per heavy atom. The number of nitrogens with zero attached hydrogens (tertiary/aromatic N) is 1. The van der Waals surface area contributed by atoms with Crippen molar-refractivity contribution >= 4 is 10.0 Å². The first-order chi connectivity index (χ1) is 11.5. The predicted octanol–water partition coefficient (Wildman–Crippen LogP) is 3.57. The molecule has 0 amide bonds. The minimum Gasteiger partial charge on any atom is -0.371 e. The maximum atomic E-state index is 12.9. The molecule has 0 N–H and O–H groups in total. The third-order valence-electron chi connectivity index (χ3n) is 4.39. The quantitative estimate of drug-likeness (QED) is 0.851. The molecule has 4 nitrogen and oxygen atoms in total. The van der Waals surface area contributed by atoms with Gasteiger partial charge in [0, 0.05) is 13.1 Å². The summed E-state index contributed by atoms with van der Waals surface area (Å²) in [5.41, 5.74) is 2.14. The first-order valence-corrected chi connectivity index (χ1v) is 9.69. The molecule has 0 aromatic heterocycles. The third-order valence-corrected chi connectivity index (χ3v) is 6.26. The number of sulfonamides is 1. The van der Waals surface area contributed by atoms with Crippen LogP contribution < -0.4 is 0 Å². The van der Waals surface area contributed by atoms with Gasteiger partial charge in [-0.3, -0.25) is 0 Å². The van der Waals surface area contributed by atoms with E-state index < -0.39 is 10.0 Å². The topological polar surface area (TPSA) is 46.6 Å². The van der Waals surface area contributed by atoms with E-state index in [1.54, 1.807) is 12.1 Å². The van der Waals surface area contributed by atoms with E-state index in [4.69, 9.17) is 4.74 Å². The van der Waals surface area contributed by atoms with Crippen LogP contribution in [-0.2, 0) is 14.8 Å². The Balaban J connectivity index is 1.81. The minimum atomic E-state index is -3.49. The zero-order valence-corrected chi connectivity index (χ0v) is 14.9. The van der Waals surface area contributed by atoms with Gasteiger partial charge in [0.2, 0.25) is 10.0 Å². The van der Waals surface area contributed by atoms with Crippen molar-refractivity contribution in [1.29, 1.82) is 0 Å². The summed E-state index contributed by atoms with van der Waals surface area (Å²) in [5, 5.41) is 0. The van der Waals surface area contributed by atoms with Gasteiger partial charge in [0.25, 0.3) is 0 Å². The molecule has 0 bridgehead atoms. The molecule has 2 aromatic rings. The first-order valence-electron chi connectivity index (χ1n) is 8.25. The summed E-state index contributed by atoms with van der Waals surface area (Å²) in [6, 6.07) is 17.0. The number of rotatable bonds is 4. The van der Waals surface area contributed by atoms with Crippen molar-refractivity contribution < 1.29 is 13.2 Å². The summed E-state index contributed by atoms with van der Waals surface area (Å²) in [5.74, 6) is 0.382. The molecule has 0 radical (unpaired) electrons. The summed E-state index contributed by atoms with van der Waals surface area (Å²) in [7, 11) is -3.49. The second kappa shape index (κ2) is 7.05. The molecule has 1 aliphatic rings. The van der Waals surface area contributed by atoms with E-state index in [0.717, 1.165) is 11.1 Å². The standard InChI is InChI=1S/C19H23NO3S/c1-15(2)16-8-10-18(11-9-16)24(21,22)20-12-13-23-19(14-20)17-6-4-3-5-7-17/h3-11,15,19H,12-14H2,1-2H3/t19-/m1/s1. The van der Waals surface area contributed by atoms with Gasteiger partial charge in [0.1, 0.15) is 0 Å². The fraction of sp³-hybridized carbons (Fsp3) is 0.368. The molecular weight excluding hydrogens is 322 g/mol. The maximum absolute atomic E-state index is 12.9. The highest BCUT2D eigenvalue weighted by molar-refractivity contribution is 7.89. The van der Waals surface area contributed by atoms with Crippen LogP contribution in [-0.4, -0.2) is 32.4 Å². The van der Waals surface area contributed by atoms with E-state index in [1.165, 1.54) is 4.31 Å². The third kappa shape index (κ3) is 3.53. The number of hydrogen-bond acceptors (Lipinski definition) is 3. The van der Waals surface area contributed by atoms with Crippen LogP contribution in [0.1, 0.15) is 37.0 Å². The van der Waals surface area contributed by atoms with Gasteiger partial charge in [0.05, 0.1) is 17.6 Å². The fourth-order valence-electron chi connectivity index (χ4n) is 2.89. The summed E-state index contributed by atoms with van der Waals surface area (Å²) < 4.78 is 33.1. The number of hydrogen-bond donors (Lipinski definition) is 0. The van der Waals surface area contributed by atoms with Gasteiger partial charge in [-0.15, -0.1) is 0 Å². The average molecular weight is 345 g/mol. The zero-order chi connectivity index (χ0) is 17.2. The van der Waals surface area contributed by atoms with Crippen LogP contribution in [0.3, 0.4) is 0 Å². The molecule has 1 saturated heterocycles. The van der Waals surface area contributed by atoms with E-state index in [0.29, 0.717) is 30.5 Å². The van der Waals surface area contributed by atoms with Gasteiger partial charge in [-0.25, -0.2) is 8.42 Å². The molecule has 0 aliphatic carbocycles. The molecule has 0 unspecified atom stereocenters. The lowest BCUT2D eigenvalue weighted by molar-refractivity contribution is -0.00255. The Kier molecular flexibility index (Phi) is 5.04. The molecule has 128 valence electrons. The van der Waals surface area contributed by atoms with Crippen molar-refractivity contribution in [3.05, 3.63) is 65.7 Å². The summed E-state index contributed by atoms with van der Waals surface area (Å²) in [4.78, 5) is 0.348. The fourth-order valence-corrected chi connectivity index (χ4v) is 4.31. The molecule has 2 aromatic carbocycles. The lowest BCUT2D eigenvalue weighted by atomic mass is 10.0. The Labute approximate surface area is 144 Å². The second-order valence-electron chi connectivity index (χ2n) is 6.36. The molecule has 24 heavy (non-hydrogen) atoms. The van der Waals surface area contributed by atoms with Gasteiger partial charge in [-0.05, 0) is 29.2 Å². The van der Waals surface area contributed by atoms with E-state index >= 15 is 0 Å². The molecule has 1 heterocycles. The smallest absolute Gasteiger partial charge is 0.243 e. The Morgan fingerprint density at radius 1 is 1.04 bits per heavy atom. The first kappa shape index (κ1) is 17.1. The van der Waals surface area contributed by atoms with Crippen molar-refractivity contribution in [2.75, 3.05) is 19.7 Å². The van der Waals surface area contributed by atoms with E-state index in [2.05, 4.69) is 13.8 Å². The highest BCUT2D eigenvalue weighted by Gasteiger charge is 2.31. The van der Waals surface area contributed by atoms with Crippen LogP contribution in [0.5, 0.6) is 0 Å². The summed E-state index contributed by atoms with van der Waals surface area (Å²) in [6.07, 6.45) is -0.218. The monoisotopic (exact) mass is 345 g/mol. The van der Waals surface area contributed by atoms with Gasteiger partial charge in [-0.1, -0.05) is 56.3 Å². The van der Waals surface area contributed by atoms with Crippen LogP contribution >= 0.6 is 0 Å². The van der Waals surface area contributed by atoms with E-state index in [1.807, 2.05) is 42.5 Å². The normalized spacial score (nSPS) is 19.5. The van der Waals surface area contributed by atoms with Crippen LogP contribution in [0.2, 0.25) is 0 Å². The minimum absolute atomic E-state index is 0.218. The Morgan fingerprint density at radius 2 is 1.71 bits per heavy atom. The maximum Gasteiger partial charge on any atom is 0.243 e. The van der Waals surface area contributed by atoms with Gasteiger partial charge in [-0.2, -0.15) is 4.31 Å². The molecular formula is C19H23NO3S. The van der Waals surface area contributed by atoms with Crippen LogP contribution in [0, 0.1) is 0 Å². The van der Waals surface area contributed by atoms with E-state index in [-0.39, 0.29) is 6.10 Å². The van der Waals surface area contributed by atoms with Crippen LogP contribution in [0.25, 0.3) is 0 Å². The van der Waals surface area contributed by atoms with Crippen molar-refractivity contribution in [1.82, 2.24) is 4.31 Å². The molecule has 1 fully saturated rings. The van der Waals surface area contributed by atoms with Crippen LogP contribution in [0.15, 0.2) is 59.5 Å². The number of benzene rings is 2. The molecule has 0 saturated carbocycles. The Bertz CT molecular complexity index is 770. The molecule has 1 atom stereocenters. The average Bonchev–Trinajstić information content (AvgIpc) is 2.62. The van der Waals surface area contributed by atoms with Crippen molar-refractivity contribution in [3.8, 4) is 0 Å². The molecule has 3 rings (SSSR count). The summed E-state index contributed by atoms with van der Waals surface area (Å²) >= 11 is 0. The highest BCUT2D eigenvalue weighted by atomic mass is 32.2. The molecule has 5 heteroatoms. The lowest BCUT2D eigenvalue weighted by Gasteiger charge is -2.32. The lowest BCUT2D eigenvalue weighted by Crippen LogP contribution is -2.42. The molecule has 0 spiro atoms.